The predicted molar refractivity (Wildman–Crippen MR) is 78.5 cm³/mol. The third kappa shape index (κ3) is 14.6. The van der Waals surface area contributed by atoms with Crippen LogP contribution < -0.4 is 0 Å². The van der Waals surface area contributed by atoms with E-state index >= 15 is 0 Å². The Balaban J connectivity index is 2.88. The van der Waals surface area contributed by atoms with Gasteiger partial charge in [0, 0.05) is 4.58 Å². The van der Waals surface area contributed by atoms with Gasteiger partial charge >= 0.3 is 0 Å². The Morgan fingerprint density at radius 1 is 0.625 bits per heavy atom. The molecule has 0 N–H and O–H groups in total. The highest BCUT2D eigenvalue weighted by molar-refractivity contribution is 7.99. The minimum absolute atomic E-state index is 0.142. The second kappa shape index (κ2) is 13.7. The zero-order valence-corrected chi connectivity index (χ0v) is 12.1. The van der Waals surface area contributed by atoms with E-state index in [2.05, 4.69) is 25.3 Å². The van der Waals surface area contributed by atoms with Crippen LogP contribution in [-0.2, 0) is 0 Å². The average Bonchev–Trinajstić information content (AvgIpc) is 2.25. The van der Waals surface area contributed by atoms with E-state index in [1.165, 1.54) is 51.4 Å². The van der Waals surface area contributed by atoms with E-state index in [9.17, 15) is 4.39 Å². The molecule has 0 amide bonds. The van der Waals surface area contributed by atoms with Gasteiger partial charge < -0.3 is 0 Å². The maximum atomic E-state index is 11.8. The molecule has 0 aliphatic carbocycles. The van der Waals surface area contributed by atoms with E-state index in [0.29, 0.717) is 0 Å². The van der Waals surface area contributed by atoms with E-state index in [0.717, 1.165) is 19.3 Å². The molecule has 0 fully saturated rings. The third-order valence-electron chi connectivity index (χ3n) is 2.85. The largest absolute Gasteiger partial charge is 0.251 e. The van der Waals surface area contributed by atoms with Crippen molar-refractivity contribution in [3.8, 4) is 0 Å². The summed E-state index contributed by atoms with van der Waals surface area (Å²) in [6.45, 7) is -0.142. The molecule has 16 heavy (non-hydrogen) atoms. The van der Waals surface area contributed by atoms with Gasteiger partial charge in [-0.1, -0.05) is 57.8 Å². The molecule has 0 spiro atoms. The van der Waals surface area contributed by atoms with Gasteiger partial charge in [-0.05, 0) is 12.8 Å². The summed E-state index contributed by atoms with van der Waals surface area (Å²) < 4.78 is 12.0. The van der Waals surface area contributed by atoms with Crippen LogP contribution in [0.15, 0.2) is 0 Å². The number of hydrogen-bond acceptors (Lipinski definition) is 2. The summed E-state index contributed by atoms with van der Waals surface area (Å²) in [6.07, 6.45) is 13.4. The number of thiol groups is 2. The normalized spacial score (nSPS) is 11.2. The first-order valence-electron chi connectivity index (χ1n) is 6.69. The first-order chi connectivity index (χ1) is 7.77. The minimum atomic E-state index is -0.142. The lowest BCUT2D eigenvalue weighted by atomic mass is 10.1. The highest BCUT2D eigenvalue weighted by atomic mass is 32.2. The molecule has 0 saturated carbocycles. The fraction of sp³-hybridized carbons (Fsp3) is 1.00. The molecule has 0 unspecified atom stereocenters. The molecule has 98 valence electrons. The summed E-state index contributed by atoms with van der Waals surface area (Å²) in [5.41, 5.74) is 0. The van der Waals surface area contributed by atoms with E-state index in [4.69, 9.17) is 0 Å². The molecule has 3 heteroatoms. The molecule has 0 atom stereocenters. The van der Waals surface area contributed by atoms with Crippen molar-refractivity contribution in [2.75, 3.05) is 6.67 Å². The zero-order chi connectivity index (χ0) is 12.1. The van der Waals surface area contributed by atoms with Gasteiger partial charge in [-0.25, -0.2) is 0 Å². The first kappa shape index (κ1) is 16.6. The van der Waals surface area contributed by atoms with E-state index < -0.39 is 0 Å². The lowest BCUT2D eigenvalue weighted by Crippen LogP contribution is -1.87. The summed E-state index contributed by atoms with van der Waals surface area (Å²) in [5, 5.41) is 0. The van der Waals surface area contributed by atoms with Crippen molar-refractivity contribution in [3.63, 3.8) is 0 Å². The van der Waals surface area contributed by atoms with Gasteiger partial charge in [0.15, 0.2) is 0 Å². The highest BCUT2D eigenvalue weighted by Crippen LogP contribution is 2.14. The fourth-order valence-corrected chi connectivity index (χ4v) is 2.20. The van der Waals surface area contributed by atoms with Crippen molar-refractivity contribution >= 4 is 25.3 Å². The molecule has 0 aromatic heterocycles. The lowest BCUT2D eigenvalue weighted by Gasteiger charge is -2.03. The summed E-state index contributed by atoms with van der Waals surface area (Å²) in [5.74, 6) is 0. The maximum absolute atomic E-state index is 11.8. The molecular weight excluding hydrogens is 239 g/mol. The van der Waals surface area contributed by atoms with Crippen molar-refractivity contribution < 1.29 is 4.39 Å². The van der Waals surface area contributed by atoms with E-state index in [-0.39, 0.29) is 11.3 Å². The van der Waals surface area contributed by atoms with Crippen LogP contribution in [0, 0.1) is 0 Å². The number of alkyl halides is 1. The highest BCUT2D eigenvalue weighted by Gasteiger charge is 1.96. The second-order valence-corrected chi connectivity index (χ2v) is 6.15. The third-order valence-corrected chi connectivity index (χ3v) is 3.36. The topological polar surface area (TPSA) is 0 Å². The van der Waals surface area contributed by atoms with Crippen LogP contribution in [0.2, 0.25) is 0 Å². The van der Waals surface area contributed by atoms with Gasteiger partial charge in [-0.15, -0.1) is 0 Å². The monoisotopic (exact) mass is 266 g/mol. The van der Waals surface area contributed by atoms with Gasteiger partial charge in [0.1, 0.15) is 0 Å². The Hall–Kier alpha value is 0.630. The van der Waals surface area contributed by atoms with Gasteiger partial charge in [-0.2, -0.15) is 25.3 Å². The van der Waals surface area contributed by atoms with Gasteiger partial charge in [0.05, 0.1) is 6.67 Å². The Bertz CT molecular complexity index is 129. The number of rotatable bonds is 12. The van der Waals surface area contributed by atoms with Crippen molar-refractivity contribution in [1.29, 1.82) is 0 Å². The van der Waals surface area contributed by atoms with E-state index in [1.54, 1.807) is 0 Å². The summed E-state index contributed by atoms with van der Waals surface area (Å²) in [4.78, 5) is 0. The van der Waals surface area contributed by atoms with Crippen LogP contribution in [0.1, 0.15) is 70.6 Å². The van der Waals surface area contributed by atoms with Gasteiger partial charge in [0.2, 0.25) is 0 Å². The van der Waals surface area contributed by atoms with Crippen molar-refractivity contribution in [1.82, 2.24) is 0 Å². The molecule has 0 aliphatic heterocycles. The van der Waals surface area contributed by atoms with Crippen molar-refractivity contribution in [2.24, 2.45) is 0 Å². The number of unbranched alkanes of at least 4 members (excludes halogenated alkanes) is 9. The van der Waals surface area contributed by atoms with Crippen molar-refractivity contribution in [2.45, 2.75) is 75.2 Å². The lowest BCUT2D eigenvalue weighted by molar-refractivity contribution is 0.449. The second-order valence-electron chi connectivity index (χ2n) is 4.49. The molecule has 0 aromatic carbocycles. The Morgan fingerprint density at radius 2 is 1.00 bits per heavy atom. The van der Waals surface area contributed by atoms with Crippen LogP contribution in [0.5, 0.6) is 0 Å². The zero-order valence-electron chi connectivity index (χ0n) is 10.3. The summed E-state index contributed by atoms with van der Waals surface area (Å²) >= 11 is 8.47. The predicted octanol–water partition coefficient (Wildman–Crippen LogP) is 5.43. The maximum Gasteiger partial charge on any atom is 0.0894 e. The molecule has 0 bridgehead atoms. The van der Waals surface area contributed by atoms with Crippen LogP contribution in [0.25, 0.3) is 0 Å². The standard InChI is InChI=1S/C13H27FS2/c14-12-10-8-6-4-2-1-3-5-7-9-11-13(15)16/h13,15-16H,1-12H2. The summed E-state index contributed by atoms with van der Waals surface area (Å²) in [7, 11) is 0. The molecule has 0 aliphatic rings. The first-order valence-corrected chi connectivity index (χ1v) is 7.72. The molecule has 0 heterocycles. The van der Waals surface area contributed by atoms with Crippen molar-refractivity contribution in [3.05, 3.63) is 0 Å². The number of hydrogen-bond donors (Lipinski definition) is 2. The van der Waals surface area contributed by atoms with E-state index in [1.807, 2.05) is 0 Å². The number of halogens is 1. The molecule has 0 aromatic rings. The average molecular weight is 266 g/mol. The van der Waals surface area contributed by atoms with Crippen LogP contribution in [-0.4, -0.2) is 11.3 Å². The van der Waals surface area contributed by atoms with Crippen LogP contribution in [0.3, 0.4) is 0 Å². The van der Waals surface area contributed by atoms with Crippen LogP contribution >= 0.6 is 25.3 Å². The fourth-order valence-electron chi connectivity index (χ4n) is 1.84. The molecular formula is C13H27FS2. The summed E-state index contributed by atoms with van der Waals surface area (Å²) in [6, 6.07) is 0. The quantitative estimate of drug-likeness (QED) is 0.262. The molecule has 0 saturated heterocycles. The minimum Gasteiger partial charge on any atom is -0.251 e. The Morgan fingerprint density at radius 3 is 1.38 bits per heavy atom. The molecule has 0 rings (SSSR count). The van der Waals surface area contributed by atoms with Gasteiger partial charge in [-0.3, -0.25) is 4.39 Å². The van der Waals surface area contributed by atoms with Gasteiger partial charge in [0.25, 0.3) is 0 Å². The Labute approximate surface area is 112 Å². The SMILES string of the molecule is FCCCCCCCCCCCCC(S)S. The van der Waals surface area contributed by atoms with Crippen LogP contribution in [0.4, 0.5) is 4.39 Å². The molecule has 0 nitrogen and oxygen atoms in total. The Kier molecular flexibility index (Phi) is 14.2. The molecule has 0 radical (unpaired) electrons. The smallest absolute Gasteiger partial charge is 0.0894 e.